The van der Waals surface area contributed by atoms with Crippen molar-refractivity contribution in [3.05, 3.63) is 82.9 Å². The van der Waals surface area contributed by atoms with Crippen LogP contribution in [0.5, 0.6) is 0 Å². The van der Waals surface area contributed by atoms with Crippen LogP contribution in [0.25, 0.3) is 0 Å². The Morgan fingerprint density at radius 3 is 2.25 bits per heavy atom. The number of hydrogen-bond acceptors (Lipinski definition) is 5. The van der Waals surface area contributed by atoms with Crippen LogP contribution in [0.3, 0.4) is 0 Å². The first kappa shape index (κ1) is 27.5. The van der Waals surface area contributed by atoms with Crippen molar-refractivity contribution in [2.45, 2.75) is 31.6 Å². The number of aryl methyl sites for hydroxylation is 2. The summed E-state index contributed by atoms with van der Waals surface area (Å²) in [6, 6.07) is 17.8. The van der Waals surface area contributed by atoms with Crippen LogP contribution in [-0.2, 0) is 24.8 Å². The lowest BCUT2D eigenvalue weighted by molar-refractivity contribution is -0.116. The third kappa shape index (κ3) is 7.22. The highest BCUT2D eigenvalue weighted by Gasteiger charge is 2.20. The minimum Gasteiger partial charge on any atom is -0.326 e. The van der Waals surface area contributed by atoms with Crippen molar-refractivity contribution in [1.29, 1.82) is 0 Å². The van der Waals surface area contributed by atoms with E-state index in [1.54, 1.807) is 24.3 Å². The standard InChI is InChI=1S/C25H28ClN3O5S2/c1-18-10-11-19(2)24(17-18)29(35(3,31)32)16-6-9-25(30)27-20-12-14-21(15-13-20)36(33,34)28-23-8-5-4-7-22(23)26/h4-5,7-8,10-15,17,28H,6,9,16H2,1-3H3,(H,27,30). The smallest absolute Gasteiger partial charge is 0.261 e. The Bertz CT molecular complexity index is 1460. The first-order valence-corrected chi connectivity index (χ1v) is 14.8. The van der Waals surface area contributed by atoms with Gasteiger partial charge in [0.1, 0.15) is 0 Å². The maximum absolute atomic E-state index is 12.6. The Morgan fingerprint density at radius 1 is 0.944 bits per heavy atom. The number of nitrogens with one attached hydrogen (secondary N) is 2. The summed E-state index contributed by atoms with van der Waals surface area (Å²) in [6.45, 7) is 3.88. The van der Waals surface area contributed by atoms with Gasteiger partial charge >= 0.3 is 0 Å². The molecule has 0 aliphatic heterocycles. The van der Waals surface area contributed by atoms with E-state index in [0.717, 1.165) is 17.4 Å². The summed E-state index contributed by atoms with van der Waals surface area (Å²) in [5, 5.41) is 2.98. The van der Waals surface area contributed by atoms with E-state index in [0.29, 0.717) is 17.8 Å². The van der Waals surface area contributed by atoms with E-state index in [1.807, 2.05) is 32.0 Å². The lowest BCUT2D eigenvalue weighted by Gasteiger charge is -2.24. The van der Waals surface area contributed by atoms with Crippen LogP contribution in [0.15, 0.2) is 71.6 Å². The molecule has 0 aromatic heterocycles. The molecule has 2 N–H and O–H groups in total. The van der Waals surface area contributed by atoms with Gasteiger partial charge in [0.15, 0.2) is 0 Å². The van der Waals surface area contributed by atoms with Crippen LogP contribution < -0.4 is 14.3 Å². The summed E-state index contributed by atoms with van der Waals surface area (Å²) in [6.07, 6.45) is 1.54. The molecule has 3 aromatic rings. The Balaban J connectivity index is 1.60. The number of sulfonamides is 2. The molecule has 0 heterocycles. The lowest BCUT2D eigenvalue weighted by Crippen LogP contribution is -2.32. The summed E-state index contributed by atoms with van der Waals surface area (Å²) < 4.78 is 53.7. The second kappa shape index (κ2) is 11.3. The third-order valence-corrected chi connectivity index (χ3v) is 8.26. The molecular formula is C25H28ClN3O5S2. The van der Waals surface area contributed by atoms with Gasteiger partial charge < -0.3 is 5.32 Å². The largest absolute Gasteiger partial charge is 0.326 e. The van der Waals surface area contributed by atoms with Crippen LogP contribution in [-0.4, -0.2) is 35.5 Å². The van der Waals surface area contributed by atoms with Gasteiger partial charge in [-0.15, -0.1) is 0 Å². The third-order valence-electron chi connectivity index (χ3n) is 5.37. The van der Waals surface area contributed by atoms with E-state index < -0.39 is 20.0 Å². The maximum Gasteiger partial charge on any atom is 0.261 e. The molecule has 0 atom stereocenters. The van der Waals surface area contributed by atoms with Gasteiger partial charge in [0.05, 0.1) is 27.5 Å². The molecule has 0 unspecified atom stereocenters. The fraction of sp³-hybridized carbons (Fsp3) is 0.240. The average molecular weight is 550 g/mol. The Hall–Kier alpha value is -3.08. The monoisotopic (exact) mass is 549 g/mol. The molecule has 0 radical (unpaired) electrons. The summed E-state index contributed by atoms with van der Waals surface area (Å²) in [5.41, 5.74) is 3.05. The SMILES string of the molecule is Cc1ccc(C)c(N(CCCC(=O)Nc2ccc(S(=O)(=O)Nc3ccccc3Cl)cc2)S(C)(=O)=O)c1. The Labute approximate surface area is 217 Å². The number of nitrogens with zero attached hydrogens (tertiary/aromatic N) is 1. The van der Waals surface area contributed by atoms with Crippen molar-refractivity contribution >= 4 is 54.6 Å². The van der Waals surface area contributed by atoms with Crippen LogP contribution in [0.2, 0.25) is 5.02 Å². The highest BCUT2D eigenvalue weighted by atomic mass is 35.5. The first-order chi connectivity index (χ1) is 16.9. The van der Waals surface area contributed by atoms with Crippen LogP contribution in [0.4, 0.5) is 17.1 Å². The maximum atomic E-state index is 12.6. The Kier molecular flexibility index (Phi) is 8.65. The van der Waals surface area contributed by atoms with Gasteiger partial charge in [-0.2, -0.15) is 0 Å². The number of carbonyl (C=O) groups excluding carboxylic acids is 1. The number of rotatable bonds is 10. The number of amides is 1. The molecule has 3 aromatic carbocycles. The second-order valence-electron chi connectivity index (χ2n) is 8.39. The van der Waals surface area contributed by atoms with Gasteiger partial charge in [-0.25, -0.2) is 16.8 Å². The van der Waals surface area contributed by atoms with E-state index in [-0.39, 0.29) is 34.5 Å². The van der Waals surface area contributed by atoms with Gasteiger partial charge in [-0.05, 0) is 73.9 Å². The summed E-state index contributed by atoms with van der Waals surface area (Å²) >= 11 is 6.02. The zero-order valence-electron chi connectivity index (χ0n) is 20.2. The van der Waals surface area contributed by atoms with Gasteiger partial charge in [0, 0.05) is 18.7 Å². The quantitative estimate of drug-likeness (QED) is 0.372. The molecule has 36 heavy (non-hydrogen) atoms. The minimum absolute atomic E-state index is 0.0118. The molecule has 1 amide bonds. The topological polar surface area (TPSA) is 113 Å². The summed E-state index contributed by atoms with van der Waals surface area (Å²) in [7, 11) is -7.39. The summed E-state index contributed by atoms with van der Waals surface area (Å²) in [4.78, 5) is 12.4. The van der Waals surface area contributed by atoms with E-state index >= 15 is 0 Å². The fourth-order valence-electron chi connectivity index (χ4n) is 3.52. The van der Waals surface area contributed by atoms with Crippen LogP contribution >= 0.6 is 11.6 Å². The summed E-state index contributed by atoms with van der Waals surface area (Å²) in [5.74, 6) is -0.311. The normalized spacial score (nSPS) is 11.7. The molecule has 8 nitrogen and oxygen atoms in total. The van der Waals surface area contributed by atoms with E-state index in [2.05, 4.69) is 10.0 Å². The van der Waals surface area contributed by atoms with Gasteiger partial charge in [-0.3, -0.25) is 13.8 Å². The first-order valence-electron chi connectivity index (χ1n) is 11.1. The zero-order valence-corrected chi connectivity index (χ0v) is 22.5. The van der Waals surface area contributed by atoms with Crippen molar-refractivity contribution in [3.63, 3.8) is 0 Å². The molecule has 0 spiro atoms. The highest BCUT2D eigenvalue weighted by Crippen LogP contribution is 2.26. The number of anilines is 3. The number of hydrogen-bond donors (Lipinski definition) is 2. The fourth-order valence-corrected chi connectivity index (χ4v) is 5.86. The zero-order chi connectivity index (χ0) is 26.5. The van der Waals surface area contributed by atoms with Crippen molar-refractivity contribution in [1.82, 2.24) is 0 Å². The highest BCUT2D eigenvalue weighted by molar-refractivity contribution is 7.92. The minimum atomic E-state index is -3.86. The molecule has 0 aliphatic rings. The molecule has 0 saturated heterocycles. The molecule has 0 saturated carbocycles. The lowest BCUT2D eigenvalue weighted by atomic mass is 10.1. The van der Waals surface area contributed by atoms with Crippen molar-refractivity contribution in [2.75, 3.05) is 27.1 Å². The van der Waals surface area contributed by atoms with Crippen molar-refractivity contribution < 1.29 is 21.6 Å². The van der Waals surface area contributed by atoms with E-state index in [4.69, 9.17) is 11.6 Å². The molecular weight excluding hydrogens is 522 g/mol. The molecule has 0 bridgehead atoms. The number of halogens is 1. The number of benzene rings is 3. The molecule has 0 fully saturated rings. The molecule has 3 rings (SSSR count). The second-order valence-corrected chi connectivity index (χ2v) is 12.4. The molecule has 192 valence electrons. The predicted octanol–water partition coefficient (Wildman–Crippen LogP) is 4.94. The van der Waals surface area contributed by atoms with E-state index in [1.165, 1.54) is 28.6 Å². The van der Waals surface area contributed by atoms with Crippen LogP contribution in [0, 0.1) is 13.8 Å². The van der Waals surface area contributed by atoms with Crippen LogP contribution in [0.1, 0.15) is 24.0 Å². The number of para-hydroxylation sites is 1. The molecule has 0 aliphatic carbocycles. The predicted molar refractivity (Wildman–Crippen MR) is 145 cm³/mol. The van der Waals surface area contributed by atoms with Crippen molar-refractivity contribution in [2.24, 2.45) is 0 Å². The van der Waals surface area contributed by atoms with E-state index in [9.17, 15) is 21.6 Å². The van der Waals surface area contributed by atoms with Gasteiger partial charge in [-0.1, -0.05) is 35.9 Å². The molecule has 11 heteroatoms. The average Bonchev–Trinajstić information content (AvgIpc) is 2.79. The van der Waals surface area contributed by atoms with Crippen molar-refractivity contribution in [3.8, 4) is 0 Å². The Morgan fingerprint density at radius 2 is 1.61 bits per heavy atom. The van der Waals surface area contributed by atoms with Gasteiger partial charge in [0.2, 0.25) is 15.9 Å². The van der Waals surface area contributed by atoms with Gasteiger partial charge in [0.25, 0.3) is 10.0 Å². The number of carbonyl (C=O) groups is 1.